The number of hydrogen-bond donors (Lipinski definition) is 2. The zero-order valence-corrected chi connectivity index (χ0v) is 12.0. The number of nitrogens with one attached hydrogen (secondary N) is 1. The second kappa shape index (κ2) is 9.16. The van der Waals surface area contributed by atoms with Crippen LogP contribution in [0.1, 0.15) is 5.69 Å². The molecular weight excluding hydrogens is 294 g/mol. The summed E-state index contributed by atoms with van der Waals surface area (Å²) in [7, 11) is 1.54. The van der Waals surface area contributed by atoms with Crippen molar-refractivity contribution in [2.45, 2.75) is 6.42 Å². The molecule has 2 amide bonds. The van der Waals surface area contributed by atoms with Crippen LogP contribution in [-0.4, -0.2) is 60.1 Å². The number of nitrogens with zero attached hydrogens (tertiary/aromatic N) is 2. The first-order chi connectivity index (χ1) is 10.5. The van der Waals surface area contributed by atoms with Crippen LogP contribution in [0.5, 0.6) is 0 Å². The largest absolute Gasteiger partial charge is 0.480 e. The summed E-state index contributed by atoms with van der Waals surface area (Å²) in [4.78, 5) is 38.2. The molecule has 0 bridgehead atoms. The predicted molar refractivity (Wildman–Crippen MR) is 74.0 cm³/mol. The lowest BCUT2D eigenvalue weighted by molar-refractivity contribution is -0.135. The van der Waals surface area contributed by atoms with Crippen LogP contribution >= 0.6 is 0 Å². The SMILES string of the molecule is CN(CCc1ccccn1)C(=O)OCOC(=O)NCC(=O)O. The lowest BCUT2D eigenvalue weighted by Crippen LogP contribution is -2.33. The highest BCUT2D eigenvalue weighted by atomic mass is 16.7. The van der Waals surface area contributed by atoms with Crippen molar-refractivity contribution in [2.24, 2.45) is 0 Å². The number of hydrogen-bond acceptors (Lipinski definition) is 6. The maximum atomic E-state index is 11.6. The first kappa shape index (κ1) is 17.2. The van der Waals surface area contributed by atoms with Crippen LogP contribution in [-0.2, 0) is 20.7 Å². The van der Waals surface area contributed by atoms with E-state index in [0.29, 0.717) is 13.0 Å². The molecule has 22 heavy (non-hydrogen) atoms. The number of rotatable bonds is 7. The van der Waals surface area contributed by atoms with E-state index in [0.717, 1.165) is 5.69 Å². The van der Waals surface area contributed by atoms with E-state index < -0.39 is 31.5 Å². The fourth-order valence-electron chi connectivity index (χ4n) is 1.36. The normalized spacial score (nSPS) is 9.68. The van der Waals surface area contributed by atoms with Gasteiger partial charge in [-0.15, -0.1) is 0 Å². The molecule has 9 nitrogen and oxygen atoms in total. The summed E-state index contributed by atoms with van der Waals surface area (Å²) in [5.41, 5.74) is 0.839. The van der Waals surface area contributed by atoms with Gasteiger partial charge in [-0.25, -0.2) is 9.59 Å². The lowest BCUT2D eigenvalue weighted by atomic mass is 10.2. The van der Waals surface area contributed by atoms with Gasteiger partial charge in [-0.05, 0) is 12.1 Å². The molecule has 0 aromatic carbocycles. The quantitative estimate of drug-likeness (QED) is 0.702. The Hall–Kier alpha value is -2.84. The highest BCUT2D eigenvalue weighted by Gasteiger charge is 2.11. The lowest BCUT2D eigenvalue weighted by Gasteiger charge is -2.16. The molecule has 0 aliphatic heterocycles. The molecule has 9 heteroatoms. The minimum absolute atomic E-state index is 0.390. The van der Waals surface area contributed by atoms with Gasteiger partial charge in [0.05, 0.1) is 0 Å². The standard InChI is InChI=1S/C13H17N3O6/c1-16(7-5-10-4-2-3-6-14-10)13(20)22-9-21-12(19)15-8-11(17)18/h2-4,6H,5,7-9H2,1H3,(H,15,19)(H,17,18). The number of carboxylic acids is 1. The average molecular weight is 311 g/mol. The van der Waals surface area contributed by atoms with E-state index in [9.17, 15) is 14.4 Å². The van der Waals surface area contributed by atoms with Crippen molar-refractivity contribution in [3.05, 3.63) is 30.1 Å². The van der Waals surface area contributed by atoms with Gasteiger partial charge in [-0.2, -0.15) is 0 Å². The zero-order chi connectivity index (χ0) is 16.4. The van der Waals surface area contributed by atoms with Crippen LogP contribution in [0.3, 0.4) is 0 Å². The molecule has 0 spiro atoms. The number of alkyl carbamates (subject to hydrolysis) is 1. The molecule has 1 rings (SSSR count). The van der Waals surface area contributed by atoms with Gasteiger partial charge in [-0.1, -0.05) is 6.07 Å². The highest BCUT2D eigenvalue weighted by molar-refractivity contribution is 5.76. The Morgan fingerprint density at radius 1 is 1.32 bits per heavy atom. The van der Waals surface area contributed by atoms with Gasteiger partial charge >= 0.3 is 18.2 Å². The number of carboxylic acid groups (broad SMARTS) is 1. The molecule has 120 valence electrons. The average Bonchev–Trinajstić information content (AvgIpc) is 2.51. The van der Waals surface area contributed by atoms with Gasteiger partial charge in [0, 0.05) is 31.9 Å². The third-order valence-corrected chi connectivity index (χ3v) is 2.50. The molecule has 2 N–H and O–H groups in total. The number of aromatic nitrogens is 1. The fourth-order valence-corrected chi connectivity index (χ4v) is 1.36. The number of likely N-dealkylation sites (N-methyl/N-ethyl adjacent to an activating group) is 1. The summed E-state index contributed by atoms with van der Waals surface area (Å²) >= 11 is 0. The number of pyridine rings is 1. The molecule has 0 unspecified atom stereocenters. The first-order valence-electron chi connectivity index (χ1n) is 6.39. The molecule has 0 radical (unpaired) electrons. The van der Waals surface area contributed by atoms with Crippen LogP contribution in [0.25, 0.3) is 0 Å². The van der Waals surface area contributed by atoms with Gasteiger partial charge in [0.15, 0.2) is 0 Å². The maximum absolute atomic E-state index is 11.6. The van der Waals surface area contributed by atoms with E-state index >= 15 is 0 Å². The van der Waals surface area contributed by atoms with E-state index in [-0.39, 0.29) is 0 Å². The van der Waals surface area contributed by atoms with Gasteiger partial charge in [-0.3, -0.25) is 9.78 Å². The Balaban J connectivity index is 2.18. The summed E-state index contributed by atoms with van der Waals surface area (Å²) < 4.78 is 9.19. The third kappa shape index (κ3) is 7.08. The first-order valence-corrected chi connectivity index (χ1v) is 6.39. The van der Waals surface area contributed by atoms with Crippen LogP contribution in [0.2, 0.25) is 0 Å². The van der Waals surface area contributed by atoms with Crippen molar-refractivity contribution in [3.63, 3.8) is 0 Å². The maximum Gasteiger partial charge on any atom is 0.412 e. The van der Waals surface area contributed by atoms with Gasteiger partial charge < -0.3 is 24.8 Å². The Labute approximate surface area is 126 Å². The van der Waals surface area contributed by atoms with Crippen molar-refractivity contribution >= 4 is 18.2 Å². The highest BCUT2D eigenvalue weighted by Crippen LogP contribution is 1.98. The van der Waals surface area contributed by atoms with Gasteiger partial charge in [0.25, 0.3) is 0 Å². The zero-order valence-electron chi connectivity index (χ0n) is 12.0. The molecule has 0 aliphatic carbocycles. The Kier molecular flexibility index (Phi) is 7.17. The van der Waals surface area contributed by atoms with E-state index in [1.54, 1.807) is 12.3 Å². The summed E-state index contributed by atoms with van der Waals surface area (Å²) in [6.07, 6.45) is 0.581. The molecule has 1 heterocycles. The van der Waals surface area contributed by atoms with Crippen molar-refractivity contribution in [1.82, 2.24) is 15.2 Å². The third-order valence-electron chi connectivity index (χ3n) is 2.50. The molecule has 0 saturated heterocycles. The van der Waals surface area contributed by atoms with Crippen LogP contribution in [0, 0.1) is 0 Å². The minimum atomic E-state index is -1.21. The summed E-state index contributed by atoms with van der Waals surface area (Å²) in [6.45, 7) is -0.782. The van der Waals surface area contributed by atoms with Gasteiger partial charge in [0.1, 0.15) is 6.54 Å². The number of aliphatic carboxylic acids is 1. The molecule has 0 aliphatic rings. The molecule has 1 aromatic heterocycles. The fraction of sp³-hybridized carbons (Fsp3) is 0.385. The van der Waals surface area contributed by atoms with Crippen LogP contribution in [0.4, 0.5) is 9.59 Å². The summed E-state index contributed by atoms with van der Waals surface area (Å²) in [5.74, 6) is -1.21. The van der Waals surface area contributed by atoms with E-state index in [2.05, 4.69) is 9.72 Å². The van der Waals surface area contributed by atoms with E-state index in [1.165, 1.54) is 11.9 Å². The molecule has 0 fully saturated rings. The second-order valence-electron chi connectivity index (χ2n) is 4.20. The second-order valence-corrected chi connectivity index (χ2v) is 4.20. The number of carbonyl (C=O) groups is 3. The predicted octanol–water partition coefficient (Wildman–Crippen LogP) is 0.461. The Morgan fingerprint density at radius 2 is 2.09 bits per heavy atom. The minimum Gasteiger partial charge on any atom is -0.480 e. The smallest absolute Gasteiger partial charge is 0.412 e. The van der Waals surface area contributed by atoms with E-state index in [4.69, 9.17) is 9.84 Å². The molecule has 0 atom stereocenters. The van der Waals surface area contributed by atoms with Crippen molar-refractivity contribution in [1.29, 1.82) is 0 Å². The number of amides is 2. The topological polar surface area (TPSA) is 118 Å². The van der Waals surface area contributed by atoms with Crippen LogP contribution < -0.4 is 5.32 Å². The Bertz CT molecular complexity index is 508. The number of ether oxygens (including phenoxy) is 2. The molecule has 1 aromatic rings. The summed E-state index contributed by atoms with van der Waals surface area (Å²) in [6, 6.07) is 5.49. The van der Waals surface area contributed by atoms with Crippen LogP contribution in [0.15, 0.2) is 24.4 Å². The molecule has 0 saturated carbocycles. The monoisotopic (exact) mass is 311 g/mol. The van der Waals surface area contributed by atoms with E-state index in [1.807, 2.05) is 17.4 Å². The van der Waals surface area contributed by atoms with Crippen molar-refractivity contribution < 1.29 is 29.0 Å². The molecular formula is C13H17N3O6. The van der Waals surface area contributed by atoms with Gasteiger partial charge in [0.2, 0.25) is 6.79 Å². The number of carbonyl (C=O) groups excluding carboxylic acids is 2. The van der Waals surface area contributed by atoms with Crippen molar-refractivity contribution in [2.75, 3.05) is 26.9 Å². The van der Waals surface area contributed by atoms with Crippen molar-refractivity contribution in [3.8, 4) is 0 Å². The Morgan fingerprint density at radius 3 is 2.73 bits per heavy atom. The summed E-state index contributed by atoms with van der Waals surface area (Å²) in [5, 5.41) is 10.3.